The summed E-state index contributed by atoms with van der Waals surface area (Å²) in [4.78, 5) is 14.0. The van der Waals surface area contributed by atoms with E-state index in [2.05, 4.69) is 26.7 Å². The van der Waals surface area contributed by atoms with Crippen molar-refractivity contribution in [2.45, 2.75) is 61.3 Å². The molecule has 0 spiro atoms. The molecule has 0 aliphatic rings. The van der Waals surface area contributed by atoms with Crippen molar-refractivity contribution < 1.29 is 13.6 Å². The van der Waals surface area contributed by atoms with Gasteiger partial charge in [0.2, 0.25) is 0 Å². The van der Waals surface area contributed by atoms with Crippen LogP contribution in [0.4, 0.5) is 8.78 Å². The van der Waals surface area contributed by atoms with Crippen LogP contribution in [-0.4, -0.2) is 22.7 Å². The summed E-state index contributed by atoms with van der Waals surface area (Å²) in [5, 5.41) is 1.88. The molecule has 2 aromatic rings. The Morgan fingerprint density at radius 3 is 1.97 bits per heavy atom. The minimum atomic E-state index is -0.869. The van der Waals surface area contributed by atoms with Crippen LogP contribution in [-0.2, 0) is 4.79 Å². The van der Waals surface area contributed by atoms with Gasteiger partial charge in [0.1, 0.15) is 6.29 Å². The number of aldehydes is 1. The van der Waals surface area contributed by atoms with E-state index in [-0.39, 0.29) is 6.54 Å². The smallest absolute Gasteiger partial charge is 0.159 e. The lowest BCUT2D eigenvalue weighted by molar-refractivity contribution is -0.107. The molecule has 1 heterocycles. The quantitative estimate of drug-likeness (QED) is 0.154. The van der Waals surface area contributed by atoms with Crippen molar-refractivity contribution in [3.05, 3.63) is 88.4 Å². The zero-order valence-corrected chi connectivity index (χ0v) is 24.9. The van der Waals surface area contributed by atoms with E-state index in [0.717, 1.165) is 46.9 Å². The molecule has 0 saturated heterocycles. The topological polar surface area (TPSA) is 46.3 Å². The third-order valence-corrected chi connectivity index (χ3v) is 5.81. The SMILES string of the molecule is C=C(/C(C)=C/c1cc(-c2ccc(F)c(F)c2)cs1)N(CC=O)C(C)=S.C=C(C)CC.C=C(N)CC.CC. The van der Waals surface area contributed by atoms with E-state index < -0.39 is 11.6 Å². The summed E-state index contributed by atoms with van der Waals surface area (Å²) in [6.07, 6.45) is 4.70. The van der Waals surface area contributed by atoms with Crippen LogP contribution < -0.4 is 5.73 Å². The first-order valence-corrected chi connectivity index (χ1v) is 13.4. The number of hydrogen-bond donors (Lipinski definition) is 1. The van der Waals surface area contributed by atoms with Gasteiger partial charge in [-0.1, -0.05) is 64.7 Å². The van der Waals surface area contributed by atoms with E-state index >= 15 is 0 Å². The van der Waals surface area contributed by atoms with E-state index in [1.165, 1.54) is 23.0 Å². The van der Waals surface area contributed by atoms with E-state index in [4.69, 9.17) is 18.0 Å². The maximum absolute atomic E-state index is 13.4. The first-order chi connectivity index (χ1) is 17.4. The van der Waals surface area contributed by atoms with Crippen LogP contribution in [0.1, 0.15) is 66.2 Å². The summed E-state index contributed by atoms with van der Waals surface area (Å²) in [6, 6.07) is 5.73. The largest absolute Gasteiger partial charge is 0.403 e. The highest BCUT2D eigenvalue weighted by Gasteiger charge is 2.11. The molecule has 0 fully saturated rings. The molecule has 2 rings (SSSR count). The van der Waals surface area contributed by atoms with Crippen molar-refractivity contribution in [1.82, 2.24) is 4.90 Å². The number of benzene rings is 1. The van der Waals surface area contributed by atoms with E-state index in [1.54, 1.807) is 17.9 Å². The highest BCUT2D eigenvalue weighted by molar-refractivity contribution is 7.80. The van der Waals surface area contributed by atoms with Crippen LogP contribution in [0.2, 0.25) is 0 Å². The minimum absolute atomic E-state index is 0.157. The van der Waals surface area contributed by atoms with Crippen LogP contribution in [0, 0.1) is 11.6 Å². The summed E-state index contributed by atoms with van der Waals surface area (Å²) in [6.45, 7) is 25.0. The van der Waals surface area contributed by atoms with E-state index in [0.29, 0.717) is 16.2 Å². The Morgan fingerprint density at radius 2 is 1.57 bits per heavy atom. The Bertz CT molecular complexity index is 1060. The van der Waals surface area contributed by atoms with Crippen molar-refractivity contribution in [2.75, 3.05) is 6.54 Å². The van der Waals surface area contributed by atoms with Crippen LogP contribution >= 0.6 is 23.6 Å². The lowest BCUT2D eigenvalue weighted by atomic mass is 10.1. The van der Waals surface area contributed by atoms with Gasteiger partial charge in [-0.2, -0.15) is 0 Å². The van der Waals surface area contributed by atoms with Crippen LogP contribution in [0.3, 0.4) is 0 Å². The molecular formula is C30H42F2N2OS2. The number of nitrogens with zero attached hydrogens (tertiary/aromatic N) is 1. The number of thiophene rings is 1. The molecule has 7 heteroatoms. The zero-order valence-electron chi connectivity index (χ0n) is 23.3. The fourth-order valence-corrected chi connectivity index (χ4v) is 3.36. The molecular weight excluding hydrogens is 506 g/mol. The summed E-state index contributed by atoms with van der Waals surface area (Å²) < 4.78 is 26.4. The zero-order chi connectivity index (χ0) is 29.1. The summed E-state index contributed by atoms with van der Waals surface area (Å²) in [5.41, 5.74) is 10.1. The predicted molar refractivity (Wildman–Crippen MR) is 164 cm³/mol. The average Bonchev–Trinajstić information content (AvgIpc) is 3.33. The summed E-state index contributed by atoms with van der Waals surface area (Å²) in [7, 11) is 0. The average molecular weight is 549 g/mol. The lowest BCUT2D eigenvalue weighted by Crippen LogP contribution is -2.28. The van der Waals surface area contributed by atoms with Gasteiger partial charge in [0.05, 0.1) is 11.5 Å². The van der Waals surface area contributed by atoms with Crippen LogP contribution in [0.25, 0.3) is 17.2 Å². The number of rotatable bonds is 8. The van der Waals surface area contributed by atoms with Gasteiger partial charge in [-0.15, -0.1) is 17.9 Å². The summed E-state index contributed by atoms with van der Waals surface area (Å²) >= 11 is 6.63. The first-order valence-electron chi connectivity index (χ1n) is 12.1. The minimum Gasteiger partial charge on any atom is -0.403 e. The van der Waals surface area contributed by atoms with Crippen molar-refractivity contribution in [3.8, 4) is 11.1 Å². The number of carbonyl (C=O) groups excluding carboxylic acids is 1. The normalized spacial score (nSPS) is 9.81. The van der Waals surface area contributed by atoms with E-state index in [9.17, 15) is 13.6 Å². The van der Waals surface area contributed by atoms with Gasteiger partial charge in [0, 0.05) is 16.3 Å². The fraction of sp³-hybridized carbons (Fsp3) is 0.333. The van der Waals surface area contributed by atoms with Gasteiger partial charge in [-0.3, -0.25) is 0 Å². The Morgan fingerprint density at radius 1 is 1.03 bits per heavy atom. The maximum Gasteiger partial charge on any atom is 0.159 e. The predicted octanol–water partition coefficient (Wildman–Crippen LogP) is 9.33. The second kappa shape index (κ2) is 20.2. The molecule has 0 bridgehead atoms. The second-order valence-electron chi connectivity index (χ2n) is 7.76. The summed E-state index contributed by atoms with van der Waals surface area (Å²) in [5.74, 6) is -1.73. The molecule has 0 radical (unpaired) electrons. The number of hydrogen-bond acceptors (Lipinski definition) is 4. The number of thiocarbonyl (C=S) groups is 1. The molecule has 204 valence electrons. The maximum atomic E-state index is 13.4. The number of halogens is 2. The van der Waals surface area contributed by atoms with Crippen molar-refractivity contribution in [1.29, 1.82) is 0 Å². The van der Waals surface area contributed by atoms with Crippen LogP contribution in [0.15, 0.2) is 71.9 Å². The third kappa shape index (κ3) is 15.1. The second-order valence-corrected chi connectivity index (χ2v) is 9.29. The molecule has 1 aromatic heterocycles. The van der Waals surface area contributed by atoms with Crippen LogP contribution in [0.5, 0.6) is 0 Å². The monoisotopic (exact) mass is 548 g/mol. The van der Waals surface area contributed by atoms with Gasteiger partial charge in [-0.25, -0.2) is 8.78 Å². The van der Waals surface area contributed by atoms with Crippen molar-refractivity contribution >= 4 is 40.9 Å². The first kappa shape index (κ1) is 36.3. The standard InChI is InChI=1S/C19H17F2NOS2.C5H10.C4H9N.C2H6/c1-12(13(2)22(6-7-23)14(3)24)8-17-9-16(11-25-17)15-4-5-18(20)19(21)10-15;1-4-5(2)3;1-3-4(2)5;1-2/h4-5,7-11H,2,6H2,1,3H3;2,4H2,1,3H3;2-3,5H2,1H3;1-2H3/b12-8+;;;. The molecule has 2 N–H and O–H groups in total. The fourth-order valence-electron chi connectivity index (χ4n) is 2.27. The van der Waals surface area contributed by atoms with Crippen molar-refractivity contribution in [2.24, 2.45) is 5.73 Å². The van der Waals surface area contributed by atoms with Gasteiger partial charge in [-0.05, 0) is 80.0 Å². The number of carbonyl (C=O) groups is 1. The van der Waals surface area contributed by atoms with Gasteiger partial charge in [0.15, 0.2) is 11.6 Å². The molecule has 0 aliphatic carbocycles. The molecule has 0 amide bonds. The number of nitrogens with two attached hydrogens (primary N) is 1. The Balaban J connectivity index is 0. The van der Waals surface area contributed by atoms with Crippen molar-refractivity contribution in [3.63, 3.8) is 0 Å². The Labute approximate surface area is 232 Å². The molecule has 0 atom stereocenters. The lowest BCUT2D eigenvalue weighted by Gasteiger charge is -2.23. The molecule has 3 nitrogen and oxygen atoms in total. The molecule has 0 aliphatic heterocycles. The molecule has 0 unspecified atom stereocenters. The van der Waals surface area contributed by atoms with Gasteiger partial charge >= 0.3 is 0 Å². The highest BCUT2D eigenvalue weighted by Crippen LogP contribution is 2.29. The van der Waals surface area contributed by atoms with E-state index in [1.807, 2.05) is 52.1 Å². The third-order valence-electron chi connectivity index (χ3n) is 4.71. The Hall–Kier alpha value is -2.90. The molecule has 1 aromatic carbocycles. The number of allylic oxidation sites excluding steroid dienone is 3. The van der Waals surface area contributed by atoms with Gasteiger partial charge < -0.3 is 15.4 Å². The molecule has 37 heavy (non-hydrogen) atoms. The Kier molecular flexibility index (Phi) is 19.8. The van der Waals surface area contributed by atoms with Gasteiger partial charge in [0.25, 0.3) is 0 Å². The highest BCUT2D eigenvalue weighted by atomic mass is 32.1. The molecule has 0 saturated carbocycles.